The Kier molecular flexibility index (Phi) is 6.22. The summed E-state index contributed by atoms with van der Waals surface area (Å²) in [5.41, 5.74) is 2.38. The van der Waals surface area contributed by atoms with Gasteiger partial charge in [-0.2, -0.15) is 0 Å². The molecule has 0 radical (unpaired) electrons. The molecule has 1 amide bonds. The summed E-state index contributed by atoms with van der Waals surface area (Å²) in [5.74, 6) is -1.07. The van der Waals surface area contributed by atoms with Gasteiger partial charge in [0, 0.05) is 13.5 Å². The average molecular weight is 277 g/mol. The third kappa shape index (κ3) is 4.37. The Morgan fingerprint density at radius 1 is 1.15 bits per heavy atom. The minimum Gasteiger partial charge on any atom is -0.480 e. The van der Waals surface area contributed by atoms with E-state index in [1.807, 2.05) is 12.1 Å². The van der Waals surface area contributed by atoms with E-state index in [0.29, 0.717) is 19.3 Å². The van der Waals surface area contributed by atoms with Gasteiger partial charge in [-0.05, 0) is 30.4 Å². The number of aryl methyl sites for hydroxylation is 2. The highest BCUT2D eigenvalue weighted by Gasteiger charge is 2.24. The van der Waals surface area contributed by atoms with Crippen LogP contribution in [0.4, 0.5) is 0 Å². The summed E-state index contributed by atoms with van der Waals surface area (Å²) in [5, 5.41) is 9.04. The maximum absolute atomic E-state index is 12.0. The Hall–Kier alpha value is -1.84. The average Bonchev–Trinajstić information content (AvgIpc) is 2.45. The molecule has 0 saturated heterocycles. The lowest BCUT2D eigenvalue weighted by atomic mass is 10.1. The topological polar surface area (TPSA) is 57.6 Å². The first-order chi connectivity index (χ1) is 9.49. The van der Waals surface area contributed by atoms with Crippen LogP contribution in [0.3, 0.4) is 0 Å². The SMILES string of the molecule is CCc1ccc(CCC(=O)N(C)C(CC)C(=O)O)cc1. The van der Waals surface area contributed by atoms with Crippen LogP contribution in [0.15, 0.2) is 24.3 Å². The number of hydrogen-bond donors (Lipinski definition) is 1. The van der Waals surface area contributed by atoms with Crippen LogP contribution >= 0.6 is 0 Å². The van der Waals surface area contributed by atoms with Gasteiger partial charge < -0.3 is 10.0 Å². The van der Waals surface area contributed by atoms with Crippen molar-refractivity contribution in [3.05, 3.63) is 35.4 Å². The molecule has 4 heteroatoms. The number of amides is 1. The number of carboxylic acid groups (broad SMARTS) is 1. The second-order valence-corrected chi connectivity index (χ2v) is 4.94. The zero-order valence-electron chi connectivity index (χ0n) is 12.4. The lowest BCUT2D eigenvalue weighted by Gasteiger charge is -2.23. The van der Waals surface area contributed by atoms with Gasteiger partial charge in [0.25, 0.3) is 0 Å². The van der Waals surface area contributed by atoms with Gasteiger partial charge in [0.15, 0.2) is 0 Å². The molecule has 0 aliphatic carbocycles. The Balaban J connectivity index is 2.55. The lowest BCUT2D eigenvalue weighted by Crippen LogP contribution is -2.42. The van der Waals surface area contributed by atoms with Gasteiger partial charge in [-0.1, -0.05) is 38.1 Å². The summed E-state index contributed by atoms with van der Waals surface area (Å²) in [6.45, 7) is 3.87. The van der Waals surface area contributed by atoms with Crippen LogP contribution in [-0.4, -0.2) is 35.0 Å². The van der Waals surface area contributed by atoms with Crippen LogP contribution in [0.1, 0.15) is 37.8 Å². The smallest absolute Gasteiger partial charge is 0.326 e. The quantitative estimate of drug-likeness (QED) is 0.833. The summed E-state index contributed by atoms with van der Waals surface area (Å²) in [6, 6.07) is 7.46. The Morgan fingerprint density at radius 3 is 2.15 bits per heavy atom. The zero-order chi connectivity index (χ0) is 15.1. The molecule has 1 atom stereocenters. The molecule has 1 unspecified atom stereocenters. The molecule has 0 bridgehead atoms. The molecule has 0 aromatic heterocycles. The highest BCUT2D eigenvalue weighted by atomic mass is 16.4. The summed E-state index contributed by atoms with van der Waals surface area (Å²) in [4.78, 5) is 24.4. The fourth-order valence-corrected chi connectivity index (χ4v) is 2.16. The number of nitrogens with zero attached hydrogens (tertiary/aromatic N) is 1. The molecule has 0 aliphatic heterocycles. The van der Waals surface area contributed by atoms with E-state index in [-0.39, 0.29) is 5.91 Å². The molecule has 1 aromatic rings. The Labute approximate surface area is 120 Å². The first-order valence-electron chi connectivity index (χ1n) is 7.05. The van der Waals surface area contributed by atoms with Crippen LogP contribution in [0.2, 0.25) is 0 Å². The van der Waals surface area contributed by atoms with Gasteiger partial charge in [0.1, 0.15) is 6.04 Å². The van der Waals surface area contributed by atoms with Crippen LogP contribution in [0.5, 0.6) is 0 Å². The second kappa shape index (κ2) is 7.68. The number of carbonyl (C=O) groups excluding carboxylic acids is 1. The van der Waals surface area contributed by atoms with Crippen molar-refractivity contribution in [2.45, 2.75) is 45.6 Å². The van der Waals surface area contributed by atoms with Crippen molar-refractivity contribution in [2.24, 2.45) is 0 Å². The third-order valence-electron chi connectivity index (χ3n) is 3.59. The van der Waals surface area contributed by atoms with Gasteiger partial charge in [0.05, 0.1) is 0 Å². The largest absolute Gasteiger partial charge is 0.480 e. The molecule has 0 spiro atoms. The number of aliphatic carboxylic acids is 1. The number of hydrogen-bond acceptors (Lipinski definition) is 2. The van der Waals surface area contributed by atoms with Gasteiger partial charge in [-0.25, -0.2) is 4.79 Å². The molecular weight excluding hydrogens is 254 g/mol. The fraction of sp³-hybridized carbons (Fsp3) is 0.500. The Bertz CT molecular complexity index is 453. The monoisotopic (exact) mass is 277 g/mol. The molecule has 0 aliphatic rings. The third-order valence-corrected chi connectivity index (χ3v) is 3.59. The predicted octanol–water partition coefficient (Wildman–Crippen LogP) is 2.50. The minimum atomic E-state index is -0.948. The maximum atomic E-state index is 12.0. The van der Waals surface area contributed by atoms with E-state index in [2.05, 4.69) is 19.1 Å². The fourth-order valence-electron chi connectivity index (χ4n) is 2.16. The van der Waals surface area contributed by atoms with Crippen molar-refractivity contribution < 1.29 is 14.7 Å². The molecule has 1 rings (SSSR count). The highest BCUT2D eigenvalue weighted by molar-refractivity contribution is 5.83. The van der Waals surface area contributed by atoms with Gasteiger partial charge >= 0.3 is 5.97 Å². The molecule has 0 saturated carbocycles. The number of benzene rings is 1. The summed E-state index contributed by atoms with van der Waals surface area (Å²) in [7, 11) is 1.56. The zero-order valence-corrected chi connectivity index (χ0v) is 12.4. The van der Waals surface area contributed by atoms with Gasteiger partial charge in [0.2, 0.25) is 5.91 Å². The van der Waals surface area contributed by atoms with Crippen molar-refractivity contribution >= 4 is 11.9 Å². The molecule has 0 heterocycles. The van der Waals surface area contributed by atoms with Gasteiger partial charge in [-0.3, -0.25) is 4.79 Å². The lowest BCUT2D eigenvalue weighted by molar-refractivity contribution is -0.149. The van der Waals surface area contributed by atoms with E-state index in [1.165, 1.54) is 10.5 Å². The first kappa shape index (κ1) is 16.2. The van der Waals surface area contributed by atoms with Crippen molar-refractivity contribution in [1.29, 1.82) is 0 Å². The number of rotatable bonds is 7. The van der Waals surface area contributed by atoms with Crippen molar-refractivity contribution in [1.82, 2.24) is 4.90 Å². The molecule has 4 nitrogen and oxygen atoms in total. The van der Waals surface area contributed by atoms with Crippen molar-refractivity contribution in [3.8, 4) is 0 Å². The highest BCUT2D eigenvalue weighted by Crippen LogP contribution is 2.10. The van der Waals surface area contributed by atoms with Crippen LogP contribution < -0.4 is 0 Å². The van der Waals surface area contributed by atoms with E-state index in [0.717, 1.165) is 12.0 Å². The summed E-state index contributed by atoms with van der Waals surface area (Å²) >= 11 is 0. The summed E-state index contributed by atoms with van der Waals surface area (Å²) < 4.78 is 0. The normalized spacial score (nSPS) is 11.9. The van der Waals surface area contributed by atoms with Crippen LogP contribution in [-0.2, 0) is 22.4 Å². The van der Waals surface area contributed by atoms with E-state index < -0.39 is 12.0 Å². The van der Waals surface area contributed by atoms with E-state index in [4.69, 9.17) is 5.11 Å². The number of likely N-dealkylation sites (N-methyl/N-ethyl adjacent to an activating group) is 1. The molecular formula is C16H23NO3. The van der Waals surface area contributed by atoms with E-state index in [1.54, 1.807) is 14.0 Å². The maximum Gasteiger partial charge on any atom is 0.326 e. The standard InChI is InChI=1S/C16H23NO3/c1-4-12-6-8-13(9-7-12)10-11-15(18)17(3)14(5-2)16(19)20/h6-9,14H,4-5,10-11H2,1-3H3,(H,19,20). The molecule has 1 aromatic carbocycles. The van der Waals surface area contributed by atoms with E-state index in [9.17, 15) is 9.59 Å². The first-order valence-corrected chi connectivity index (χ1v) is 7.05. The van der Waals surface area contributed by atoms with Crippen LogP contribution in [0.25, 0.3) is 0 Å². The molecule has 110 valence electrons. The number of carboxylic acids is 1. The predicted molar refractivity (Wildman–Crippen MR) is 78.6 cm³/mol. The summed E-state index contributed by atoms with van der Waals surface area (Å²) in [6.07, 6.45) is 2.40. The second-order valence-electron chi connectivity index (χ2n) is 4.94. The van der Waals surface area contributed by atoms with Crippen molar-refractivity contribution in [2.75, 3.05) is 7.05 Å². The van der Waals surface area contributed by atoms with Crippen LogP contribution in [0, 0.1) is 0 Å². The van der Waals surface area contributed by atoms with Crippen molar-refractivity contribution in [3.63, 3.8) is 0 Å². The molecule has 0 fully saturated rings. The number of carbonyl (C=O) groups is 2. The molecule has 1 N–H and O–H groups in total. The minimum absolute atomic E-state index is 0.126. The van der Waals surface area contributed by atoms with Gasteiger partial charge in [-0.15, -0.1) is 0 Å². The van der Waals surface area contributed by atoms with E-state index >= 15 is 0 Å². The Morgan fingerprint density at radius 2 is 1.70 bits per heavy atom. The molecule has 20 heavy (non-hydrogen) atoms.